The second-order valence-electron chi connectivity index (χ2n) is 4.28. The molecule has 0 unspecified atom stereocenters. The molecule has 1 rings (SSSR count). The molecule has 0 aliphatic rings. The number of hydrogen-bond donors (Lipinski definition) is 2. The highest BCUT2D eigenvalue weighted by Crippen LogP contribution is 2.17. The molecule has 0 aromatic heterocycles. The van der Waals surface area contributed by atoms with E-state index in [0.717, 1.165) is 4.90 Å². The molecule has 4 nitrogen and oxygen atoms in total. The summed E-state index contributed by atoms with van der Waals surface area (Å²) >= 11 is 1.41. The van der Waals surface area contributed by atoms with Crippen molar-refractivity contribution in [2.24, 2.45) is 0 Å². The Balaban J connectivity index is 2.33. The minimum absolute atomic E-state index is 0.0163. The van der Waals surface area contributed by atoms with E-state index in [1.807, 2.05) is 45.0 Å². The first-order valence-electron chi connectivity index (χ1n) is 5.77. The van der Waals surface area contributed by atoms with Gasteiger partial charge in [0, 0.05) is 10.9 Å². The Morgan fingerprint density at radius 3 is 2.39 bits per heavy atom. The Labute approximate surface area is 112 Å². The van der Waals surface area contributed by atoms with Gasteiger partial charge in [-0.05, 0) is 32.9 Å². The number of imide groups is 1. The molecule has 3 amide bonds. The van der Waals surface area contributed by atoms with Gasteiger partial charge in [0.2, 0.25) is 5.91 Å². The van der Waals surface area contributed by atoms with E-state index in [-0.39, 0.29) is 17.7 Å². The van der Waals surface area contributed by atoms with Crippen LogP contribution in [0.15, 0.2) is 29.2 Å². The standard InChI is InChI=1S/C13H18N2O2S/c1-9(2)14-13(17)15-12(16)8-18-11-6-4-10(3)5-7-11/h4-7,9H,8H2,1-3H3,(H2,14,15,16,17). The Morgan fingerprint density at radius 1 is 1.22 bits per heavy atom. The molecule has 0 saturated carbocycles. The number of amides is 3. The van der Waals surface area contributed by atoms with E-state index in [4.69, 9.17) is 0 Å². The van der Waals surface area contributed by atoms with Crippen LogP contribution in [0.3, 0.4) is 0 Å². The molecular weight excluding hydrogens is 248 g/mol. The van der Waals surface area contributed by atoms with Gasteiger partial charge in [-0.15, -0.1) is 11.8 Å². The van der Waals surface area contributed by atoms with Crippen LogP contribution in [-0.2, 0) is 4.79 Å². The molecule has 0 aliphatic heterocycles. The van der Waals surface area contributed by atoms with Gasteiger partial charge >= 0.3 is 6.03 Å². The molecule has 0 atom stereocenters. The van der Waals surface area contributed by atoms with Crippen LogP contribution in [0.1, 0.15) is 19.4 Å². The maximum Gasteiger partial charge on any atom is 0.321 e. The fourth-order valence-electron chi connectivity index (χ4n) is 1.24. The quantitative estimate of drug-likeness (QED) is 0.822. The molecule has 0 heterocycles. The highest BCUT2D eigenvalue weighted by atomic mass is 32.2. The zero-order valence-electron chi connectivity index (χ0n) is 10.8. The summed E-state index contributed by atoms with van der Waals surface area (Å²) in [4.78, 5) is 23.8. The summed E-state index contributed by atoms with van der Waals surface area (Å²) in [6.07, 6.45) is 0. The van der Waals surface area contributed by atoms with Crippen molar-refractivity contribution >= 4 is 23.7 Å². The van der Waals surface area contributed by atoms with Crippen LogP contribution < -0.4 is 10.6 Å². The summed E-state index contributed by atoms with van der Waals surface area (Å²) in [6, 6.07) is 7.47. The van der Waals surface area contributed by atoms with Gasteiger partial charge in [-0.2, -0.15) is 0 Å². The van der Waals surface area contributed by atoms with Gasteiger partial charge < -0.3 is 5.32 Å². The number of hydrogen-bond acceptors (Lipinski definition) is 3. The van der Waals surface area contributed by atoms with Gasteiger partial charge in [-0.3, -0.25) is 10.1 Å². The number of urea groups is 1. The topological polar surface area (TPSA) is 58.2 Å². The van der Waals surface area contributed by atoms with Crippen LogP contribution in [0.5, 0.6) is 0 Å². The number of aryl methyl sites for hydroxylation is 1. The van der Waals surface area contributed by atoms with Crippen molar-refractivity contribution in [1.82, 2.24) is 10.6 Å². The summed E-state index contributed by atoms with van der Waals surface area (Å²) in [5, 5.41) is 4.88. The summed E-state index contributed by atoms with van der Waals surface area (Å²) < 4.78 is 0. The van der Waals surface area contributed by atoms with E-state index in [2.05, 4.69) is 10.6 Å². The molecule has 5 heteroatoms. The molecule has 0 spiro atoms. The third-order valence-corrected chi connectivity index (χ3v) is 3.08. The van der Waals surface area contributed by atoms with Crippen molar-refractivity contribution in [2.75, 3.05) is 5.75 Å². The minimum Gasteiger partial charge on any atom is -0.336 e. The molecule has 0 radical (unpaired) electrons. The summed E-state index contributed by atoms with van der Waals surface area (Å²) in [6.45, 7) is 5.69. The lowest BCUT2D eigenvalue weighted by atomic mass is 10.2. The predicted molar refractivity (Wildman–Crippen MR) is 73.7 cm³/mol. The van der Waals surface area contributed by atoms with E-state index >= 15 is 0 Å². The van der Waals surface area contributed by atoms with Crippen molar-refractivity contribution in [3.05, 3.63) is 29.8 Å². The second kappa shape index (κ2) is 7.06. The number of nitrogens with one attached hydrogen (secondary N) is 2. The first-order valence-corrected chi connectivity index (χ1v) is 6.75. The molecule has 0 fully saturated rings. The number of carbonyl (C=O) groups excluding carboxylic acids is 2. The Bertz CT molecular complexity index is 416. The lowest BCUT2D eigenvalue weighted by molar-refractivity contribution is -0.117. The van der Waals surface area contributed by atoms with Crippen LogP contribution in [-0.4, -0.2) is 23.7 Å². The van der Waals surface area contributed by atoms with Gasteiger partial charge in [0.25, 0.3) is 0 Å². The van der Waals surface area contributed by atoms with E-state index in [1.165, 1.54) is 17.3 Å². The molecule has 1 aromatic rings. The van der Waals surface area contributed by atoms with Gasteiger partial charge in [-0.25, -0.2) is 4.79 Å². The lowest BCUT2D eigenvalue weighted by Crippen LogP contribution is -2.43. The third-order valence-electron chi connectivity index (χ3n) is 2.06. The fourth-order valence-corrected chi connectivity index (χ4v) is 1.94. The van der Waals surface area contributed by atoms with E-state index in [0.29, 0.717) is 0 Å². The number of carbonyl (C=O) groups is 2. The molecule has 18 heavy (non-hydrogen) atoms. The zero-order chi connectivity index (χ0) is 13.5. The molecular formula is C13H18N2O2S. The number of rotatable bonds is 4. The van der Waals surface area contributed by atoms with E-state index in [1.54, 1.807) is 0 Å². The maximum atomic E-state index is 11.5. The summed E-state index contributed by atoms with van der Waals surface area (Å²) in [7, 11) is 0. The smallest absolute Gasteiger partial charge is 0.321 e. The largest absolute Gasteiger partial charge is 0.336 e. The van der Waals surface area contributed by atoms with Crippen molar-refractivity contribution in [3.63, 3.8) is 0 Å². The predicted octanol–water partition coefficient (Wildman–Crippen LogP) is 2.32. The number of thioether (sulfide) groups is 1. The zero-order valence-corrected chi connectivity index (χ0v) is 11.6. The highest BCUT2D eigenvalue weighted by molar-refractivity contribution is 8.00. The first kappa shape index (κ1) is 14.6. The van der Waals surface area contributed by atoms with Crippen molar-refractivity contribution in [2.45, 2.75) is 31.7 Å². The average Bonchev–Trinajstić information content (AvgIpc) is 2.27. The molecule has 0 bridgehead atoms. The highest BCUT2D eigenvalue weighted by Gasteiger charge is 2.08. The van der Waals surface area contributed by atoms with Crippen LogP contribution in [0.25, 0.3) is 0 Å². The Morgan fingerprint density at radius 2 is 1.83 bits per heavy atom. The van der Waals surface area contributed by atoms with Crippen molar-refractivity contribution in [1.29, 1.82) is 0 Å². The monoisotopic (exact) mass is 266 g/mol. The van der Waals surface area contributed by atoms with Crippen LogP contribution >= 0.6 is 11.8 Å². The van der Waals surface area contributed by atoms with Gasteiger partial charge in [0.15, 0.2) is 0 Å². The van der Waals surface area contributed by atoms with Crippen LogP contribution in [0.4, 0.5) is 4.79 Å². The van der Waals surface area contributed by atoms with Crippen molar-refractivity contribution in [3.8, 4) is 0 Å². The van der Waals surface area contributed by atoms with E-state index in [9.17, 15) is 9.59 Å². The molecule has 1 aromatic carbocycles. The Hall–Kier alpha value is -1.49. The molecule has 2 N–H and O–H groups in total. The van der Waals surface area contributed by atoms with Crippen molar-refractivity contribution < 1.29 is 9.59 Å². The molecule has 0 aliphatic carbocycles. The van der Waals surface area contributed by atoms with Gasteiger partial charge in [-0.1, -0.05) is 17.7 Å². The average molecular weight is 266 g/mol. The second-order valence-corrected chi connectivity index (χ2v) is 5.33. The fraction of sp³-hybridized carbons (Fsp3) is 0.385. The summed E-state index contributed by atoms with van der Waals surface area (Å²) in [5.74, 6) is -0.0621. The minimum atomic E-state index is -0.445. The first-order chi connectivity index (χ1) is 8.47. The molecule has 0 saturated heterocycles. The van der Waals surface area contributed by atoms with Gasteiger partial charge in [0.05, 0.1) is 5.75 Å². The van der Waals surface area contributed by atoms with Gasteiger partial charge in [0.1, 0.15) is 0 Å². The maximum absolute atomic E-state index is 11.5. The van der Waals surface area contributed by atoms with E-state index < -0.39 is 6.03 Å². The van der Waals surface area contributed by atoms with Crippen LogP contribution in [0, 0.1) is 6.92 Å². The summed E-state index contributed by atoms with van der Waals surface area (Å²) in [5.41, 5.74) is 1.18. The Kier molecular flexibility index (Phi) is 5.71. The molecule has 98 valence electrons. The normalized spacial score (nSPS) is 10.2. The lowest BCUT2D eigenvalue weighted by Gasteiger charge is -2.08. The third kappa shape index (κ3) is 5.72. The van der Waals surface area contributed by atoms with Crippen LogP contribution in [0.2, 0.25) is 0 Å². The number of benzene rings is 1. The SMILES string of the molecule is Cc1ccc(SCC(=O)NC(=O)NC(C)C)cc1.